The molecule has 0 spiro atoms. The lowest BCUT2D eigenvalue weighted by Crippen LogP contribution is -2.50. The van der Waals surface area contributed by atoms with Crippen LogP contribution in [-0.2, 0) is 4.79 Å². The molecule has 8 nitrogen and oxygen atoms in total. The highest BCUT2D eigenvalue weighted by molar-refractivity contribution is 5.92. The first-order valence-corrected chi connectivity index (χ1v) is 13.1. The number of rotatable bonds is 8. The quantitative estimate of drug-likeness (QED) is 0.292. The van der Waals surface area contributed by atoms with Crippen LogP contribution in [0.2, 0.25) is 0 Å². The molecule has 0 saturated carbocycles. The number of anilines is 3. The third-order valence-corrected chi connectivity index (χ3v) is 6.83. The van der Waals surface area contributed by atoms with Gasteiger partial charge in [-0.1, -0.05) is 0 Å². The highest BCUT2D eigenvalue weighted by atomic mass is 16.5. The summed E-state index contributed by atoms with van der Waals surface area (Å²) < 4.78 is 10.6. The number of amides is 1. The summed E-state index contributed by atoms with van der Waals surface area (Å²) in [7, 11) is 3.30. The average molecular weight is 524 g/mol. The first kappa shape index (κ1) is 26.2. The summed E-state index contributed by atoms with van der Waals surface area (Å²) in [6.45, 7) is 2.54. The Balaban J connectivity index is 1.45. The smallest absolute Gasteiger partial charge is 0.228 e. The number of ether oxygens (including phenoxy) is 2. The van der Waals surface area contributed by atoms with E-state index >= 15 is 0 Å². The van der Waals surface area contributed by atoms with Crippen LogP contribution < -0.4 is 25.0 Å². The Morgan fingerprint density at radius 1 is 0.846 bits per heavy atom. The van der Waals surface area contributed by atoms with Crippen molar-refractivity contribution in [2.45, 2.75) is 32.4 Å². The Morgan fingerprint density at radius 2 is 1.41 bits per heavy atom. The van der Waals surface area contributed by atoms with Gasteiger partial charge < -0.3 is 14.8 Å². The number of aromatic nitrogens is 2. The molecule has 3 aromatic carbocycles. The fraction of sp³-hybridized carbons (Fsp3) is 0.258. The minimum Gasteiger partial charge on any atom is -0.497 e. The first-order valence-electron chi connectivity index (χ1n) is 13.1. The zero-order valence-corrected chi connectivity index (χ0v) is 22.5. The molecule has 1 fully saturated rings. The van der Waals surface area contributed by atoms with Gasteiger partial charge in [-0.2, -0.15) is 0 Å². The van der Waals surface area contributed by atoms with Crippen molar-refractivity contribution in [1.29, 1.82) is 0 Å². The molecule has 0 radical (unpaired) electrons. The summed E-state index contributed by atoms with van der Waals surface area (Å²) in [5.41, 5.74) is 5.14. The molecule has 5 rings (SSSR count). The average Bonchev–Trinajstić information content (AvgIpc) is 2.98. The Bertz CT molecular complexity index is 1330. The van der Waals surface area contributed by atoms with Crippen LogP contribution in [0.1, 0.15) is 26.2 Å². The molecule has 1 atom stereocenters. The number of hydrogen-bond donors (Lipinski definition) is 2. The van der Waals surface area contributed by atoms with Crippen LogP contribution in [0.25, 0.3) is 22.5 Å². The second-order valence-corrected chi connectivity index (χ2v) is 9.45. The fourth-order valence-electron chi connectivity index (χ4n) is 4.79. The van der Waals surface area contributed by atoms with Gasteiger partial charge in [-0.05, 0) is 105 Å². The second-order valence-electron chi connectivity index (χ2n) is 9.45. The molecule has 2 heterocycles. The minimum atomic E-state index is 0.0200. The molecule has 1 aliphatic rings. The maximum Gasteiger partial charge on any atom is 0.228 e. The number of carbonyl (C=O) groups is 1. The molecule has 0 bridgehead atoms. The summed E-state index contributed by atoms with van der Waals surface area (Å²) in [5.74, 6) is 2.06. The standard InChI is InChI=1S/C31H33N5O3/c1-21(37)36(30-6-4-5-19-32-30)25-13-11-24(12-14-25)33-31-34-28(22-7-15-26(38-2)16-8-22)20-29(35-31)23-9-17-27(39-3)18-10-23/h7-18,20,30,32H,4-6,19H2,1-3H3,(H,33,34,35). The molecule has 4 aromatic rings. The molecular formula is C31H33N5O3. The van der Waals surface area contributed by atoms with Gasteiger partial charge in [0.25, 0.3) is 0 Å². The highest BCUT2D eigenvalue weighted by Gasteiger charge is 2.24. The van der Waals surface area contributed by atoms with Crippen LogP contribution in [0.4, 0.5) is 17.3 Å². The molecule has 0 aliphatic carbocycles. The molecule has 1 unspecified atom stereocenters. The summed E-state index contributed by atoms with van der Waals surface area (Å²) >= 11 is 0. The first-order chi connectivity index (χ1) is 19.0. The lowest BCUT2D eigenvalue weighted by atomic mass is 10.1. The largest absolute Gasteiger partial charge is 0.497 e. The second kappa shape index (κ2) is 12.0. The Kier molecular flexibility index (Phi) is 8.03. The minimum absolute atomic E-state index is 0.0200. The van der Waals surface area contributed by atoms with Gasteiger partial charge in [0.2, 0.25) is 11.9 Å². The van der Waals surface area contributed by atoms with Gasteiger partial charge in [0.1, 0.15) is 11.5 Å². The number of benzene rings is 3. The van der Waals surface area contributed by atoms with Gasteiger partial charge in [0, 0.05) is 29.4 Å². The highest BCUT2D eigenvalue weighted by Crippen LogP contribution is 2.29. The van der Waals surface area contributed by atoms with Crippen LogP contribution >= 0.6 is 0 Å². The summed E-state index contributed by atoms with van der Waals surface area (Å²) in [6.07, 6.45) is 3.21. The number of carbonyl (C=O) groups excluding carboxylic acids is 1. The van der Waals surface area contributed by atoms with Crippen molar-refractivity contribution in [3.05, 3.63) is 78.9 Å². The van der Waals surface area contributed by atoms with E-state index in [2.05, 4.69) is 10.6 Å². The molecule has 1 aromatic heterocycles. The van der Waals surface area contributed by atoms with Gasteiger partial charge in [0.15, 0.2) is 0 Å². The van der Waals surface area contributed by atoms with Gasteiger partial charge in [-0.15, -0.1) is 0 Å². The van der Waals surface area contributed by atoms with E-state index in [1.54, 1.807) is 21.1 Å². The van der Waals surface area contributed by atoms with Crippen LogP contribution in [0.3, 0.4) is 0 Å². The van der Waals surface area contributed by atoms with Gasteiger partial charge in [-0.3, -0.25) is 15.0 Å². The maximum atomic E-state index is 12.5. The van der Waals surface area contributed by atoms with Crippen LogP contribution in [0.5, 0.6) is 11.5 Å². The molecule has 1 aliphatic heterocycles. The van der Waals surface area contributed by atoms with Crippen molar-refractivity contribution in [2.75, 3.05) is 31.0 Å². The molecule has 1 saturated heterocycles. The SMILES string of the molecule is COc1ccc(-c2cc(-c3ccc(OC)cc3)nc(Nc3ccc(N(C(C)=O)C4CCCCN4)cc3)n2)cc1. The molecule has 39 heavy (non-hydrogen) atoms. The molecule has 1 amide bonds. The van der Waals surface area contributed by atoms with Crippen LogP contribution in [0.15, 0.2) is 78.9 Å². The zero-order chi connectivity index (χ0) is 27.2. The Morgan fingerprint density at radius 3 is 1.87 bits per heavy atom. The normalized spacial score (nSPS) is 14.9. The summed E-state index contributed by atoms with van der Waals surface area (Å²) in [6, 6.07) is 25.4. The van der Waals surface area contributed by atoms with Crippen molar-refractivity contribution in [3.63, 3.8) is 0 Å². The van der Waals surface area contributed by atoms with E-state index in [0.717, 1.165) is 71.2 Å². The van der Waals surface area contributed by atoms with E-state index in [9.17, 15) is 4.79 Å². The summed E-state index contributed by atoms with van der Waals surface area (Å²) in [5, 5.41) is 6.82. The fourth-order valence-corrected chi connectivity index (χ4v) is 4.79. The van der Waals surface area contributed by atoms with E-state index in [1.165, 1.54) is 0 Å². The molecule has 200 valence electrons. The number of nitrogens with zero attached hydrogens (tertiary/aromatic N) is 3. The number of methoxy groups -OCH3 is 2. The predicted octanol–water partition coefficient (Wildman–Crippen LogP) is 6.02. The predicted molar refractivity (Wildman–Crippen MR) is 155 cm³/mol. The monoisotopic (exact) mass is 523 g/mol. The lowest BCUT2D eigenvalue weighted by molar-refractivity contribution is -0.117. The van der Waals surface area contributed by atoms with Crippen LogP contribution in [0, 0.1) is 0 Å². The third kappa shape index (κ3) is 6.18. The van der Waals surface area contributed by atoms with Crippen molar-refractivity contribution in [3.8, 4) is 34.0 Å². The van der Waals surface area contributed by atoms with Gasteiger partial charge in [-0.25, -0.2) is 9.97 Å². The van der Waals surface area contributed by atoms with E-state index in [0.29, 0.717) is 5.95 Å². The van der Waals surface area contributed by atoms with E-state index in [-0.39, 0.29) is 12.1 Å². The Labute approximate surface area is 229 Å². The molecular weight excluding hydrogens is 490 g/mol. The zero-order valence-electron chi connectivity index (χ0n) is 22.5. The summed E-state index contributed by atoms with van der Waals surface area (Å²) in [4.78, 5) is 23.9. The van der Waals surface area contributed by atoms with E-state index < -0.39 is 0 Å². The number of hydrogen-bond acceptors (Lipinski definition) is 7. The lowest BCUT2D eigenvalue weighted by Gasteiger charge is -2.34. The maximum absolute atomic E-state index is 12.5. The number of piperidine rings is 1. The number of nitrogens with one attached hydrogen (secondary N) is 2. The van der Waals surface area contributed by atoms with Crippen LogP contribution in [-0.4, -0.2) is 42.8 Å². The van der Waals surface area contributed by atoms with Gasteiger partial charge >= 0.3 is 0 Å². The van der Waals surface area contributed by atoms with Gasteiger partial charge in [0.05, 0.1) is 31.8 Å². The third-order valence-electron chi connectivity index (χ3n) is 6.83. The molecule has 2 N–H and O–H groups in total. The topological polar surface area (TPSA) is 88.6 Å². The molecule has 8 heteroatoms. The van der Waals surface area contributed by atoms with Crippen molar-refractivity contribution in [2.24, 2.45) is 0 Å². The van der Waals surface area contributed by atoms with E-state index in [4.69, 9.17) is 19.4 Å². The van der Waals surface area contributed by atoms with Crippen molar-refractivity contribution in [1.82, 2.24) is 15.3 Å². The Hall–Kier alpha value is -4.43. The van der Waals surface area contributed by atoms with Crippen molar-refractivity contribution >= 4 is 23.2 Å². The van der Waals surface area contributed by atoms with Crippen molar-refractivity contribution < 1.29 is 14.3 Å². The van der Waals surface area contributed by atoms with E-state index in [1.807, 2.05) is 83.8 Å².